The number of nitrogen functional groups attached to an aromatic ring is 1. The molecule has 0 spiro atoms. The van der Waals surface area contributed by atoms with Crippen molar-refractivity contribution in [1.29, 1.82) is 0 Å². The minimum Gasteiger partial charge on any atom is -0.468 e. The van der Waals surface area contributed by atoms with E-state index in [0.717, 1.165) is 12.8 Å². The number of carbonyl (C=O) groups is 1. The number of benzene rings is 1. The molecule has 5 atom stereocenters. The third-order valence-electron chi connectivity index (χ3n) is 6.34. The van der Waals surface area contributed by atoms with E-state index in [9.17, 15) is 9.36 Å². The predicted molar refractivity (Wildman–Crippen MR) is 142 cm³/mol. The van der Waals surface area contributed by atoms with Gasteiger partial charge in [0.25, 0.3) is 0 Å². The third-order valence-corrected chi connectivity index (χ3v) is 7.99. The van der Waals surface area contributed by atoms with Gasteiger partial charge in [0.2, 0.25) is 5.95 Å². The molecule has 5 rings (SSSR count). The molecule has 2 aromatic heterocycles. The molecule has 0 amide bonds. The molecule has 3 heterocycles. The molecule has 1 saturated heterocycles. The fourth-order valence-electron chi connectivity index (χ4n) is 4.26. The highest BCUT2D eigenvalue weighted by atomic mass is 31.2. The lowest BCUT2D eigenvalue weighted by Crippen LogP contribution is -2.35. The molecule has 14 heteroatoms. The van der Waals surface area contributed by atoms with E-state index in [0.29, 0.717) is 35.2 Å². The average Bonchev–Trinajstić information content (AvgIpc) is 3.48. The Kier molecular flexibility index (Phi) is 7.72. The molecule has 1 aliphatic heterocycles. The molecule has 0 radical (unpaired) electrons. The Bertz CT molecular complexity index is 1420. The molecular weight excluding hydrogens is 525 g/mol. The van der Waals surface area contributed by atoms with Crippen molar-refractivity contribution in [3.8, 4) is 18.1 Å². The van der Waals surface area contributed by atoms with Crippen LogP contribution in [0.25, 0.3) is 11.2 Å². The summed E-state index contributed by atoms with van der Waals surface area (Å²) in [6.07, 6.45) is 8.82. The van der Waals surface area contributed by atoms with E-state index in [1.807, 2.05) is 0 Å². The standard InChI is InChI=1S/C25H30N7O6P/c1-4-16-12-19(13-36-39(34,31-15(2)24(33)35-3)38-18-8-6-5-7-9-18)37-23(16)32-14-27-20-21(28-17-10-11-17)29-25(26)30-22(20)32/h1,5-9,14-17,19,23H,10-13H2,2-3H3,(H,31,34)(H3,26,28,29,30)/t15-,16+,19+,23-,39-/m1/s1. The number of rotatable bonds is 11. The number of nitrogens with two attached hydrogens (primary N) is 1. The first-order chi connectivity index (χ1) is 18.8. The van der Waals surface area contributed by atoms with Crippen molar-refractivity contribution in [2.45, 2.75) is 50.6 Å². The summed E-state index contributed by atoms with van der Waals surface area (Å²) >= 11 is 0. The first-order valence-electron chi connectivity index (χ1n) is 12.5. The van der Waals surface area contributed by atoms with Crippen LogP contribution >= 0.6 is 7.75 Å². The lowest BCUT2D eigenvalue weighted by molar-refractivity contribution is -0.142. The topological polar surface area (TPSA) is 165 Å². The number of nitrogens with one attached hydrogen (secondary N) is 2. The van der Waals surface area contributed by atoms with Crippen LogP contribution in [0.15, 0.2) is 36.7 Å². The highest BCUT2D eigenvalue weighted by molar-refractivity contribution is 7.52. The Morgan fingerprint density at radius 3 is 2.79 bits per heavy atom. The van der Waals surface area contributed by atoms with Gasteiger partial charge in [0.1, 0.15) is 11.8 Å². The fraction of sp³-hybridized carbons (Fsp3) is 0.440. The number of methoxy groups -OCH3 is 1. The number of anilines is 2. The number of para-hydroxylation sites is 1. The van der Waals surface area contributed by atoms with Gasteiger partial charge in [-0.3, -0.25) is 13.9 Å². The smallest absolute Gasteiger partial charge is 0.459 e. The van der Waals surface area contributed by atoms with Crippen LogP contribution in [0, 0.1) is 18.3 Å². The second kappa shape index (κ2) is 11.2. The Labute approximate surface area is 225 Å². The van der Waals surface area contributed by atoms with E-state index in [-0.39, 0.29) is 18.5 Å². The summed E-state index contributed by atoms with van der Waals surface area (Å²) in [5, 5.41) is 5.95. The molecule has 39 heavy (non-hydrogen) atoms. The van der Waals surface area contributed by atoms with E-state index in [2.05, 4.69) is 31.3 Å². The van der Waals surface area contributed by atoms with Crippen molar-refractivity contribution in [2.24, 2.45) is 5.92 Å². The highest BCUT2D eigenvalue weighted by Gasteiger charge is 2.40. The summed E-state index contributed by atoms with van der Waals surface area (Å²) < 4.78 is 37.8. The van der Waals surface area contributed by atoms with Crippen LogP contribution < -0.4 is 20.7 Å². The summed E-state index contributed by atoms with van der Waals surface area (Å²) in [5.74, 6) is 2.76. The van der Waals surface area contributed by atoms with Gasteiger partial charge < -0.3 is 25.0 Å². The summed E-state index contributed by atoms with van der Waals surface area (Å²) in [7, 11) is -2.80. The fourth-order valence-corrected chi connectivity index (χ4v) is 5.79. The van der Waals surface area contributed by atoms with Crippen molar-refractivity contribution < 1.29 is 27.9 Å². The summed E-state index contributed by atoms with van der Waals surface area (Å²) in [4.78, 5) is 25.2. The Balaban J connectivity index is 1.33. The maximum Gasteiger partial charge on any atom is 0.459 e. The van der Waals surface area contributed by atoms with Crippen LogP contribution in [0.2, 0.25) is 0 Å². The van der Waals surface area contributed by atoms with Crippen molar-refractivity contribution >= 4 is 36.6 Å². The van der Waals surface area contributed by atoms with Crippen LogP contribution in [0.4, 0.5) is 11.8 Å². The van der Waals surface area contributed by atoms with Gasteiger partial charge in [0, 0.05) is 6.04 Å². The van der Waals surface area contributed by atoms with Crippen LogP contribution in [0.5, 0.6) is 5.75 Å². The van der Waals surface area contributed by atoms with Crippen LogP contribution in [0.1, 0.15) is 32.4 Å². The molecule has 13 nitrogen and oxygen atoms in total. The van der Waals surface area contributed by atoms with Gasteiger partial charge in [0.15, 0.2) is 23.2 Å². The van der Waals surface area contributed by atoms with E-state index < -0.39 is 32.1 Å². The second-order valence-corrected chi connectivity index (χ2v) is 11.1. The Hall–Kier alpha value is -3.69. The number of nitrogens with zero attached hydrogens (tertiary/aromatic N) is 4. The van der Waals surface area contributed by atoms with Crippen molar-refractivity contribution in [1.82, 2.24) is 24.6 Å². The van der Waals surface area contributed by atoms with Crippen LogP contribution in [0.3, 0.4) is 0 Å². The van der Waals surface area contributed by atoms with Gasteiger partial charge in [0.05, 0.1) is 32.1 Å². The SMILES string of the molecule is C#C[C@H]1C[C@@H](CO[P@](=O)(N[C@H](C)C(=O)OC)Oc2ccccc2)O[C@H]1n1cnc2c(NC3CC3)nc(N)nc21. The highest BCUT2D eigenvalue weighted by Crippen LogP contribution is 2.46. The zero-order chi connectivity index (χ0) is 27.6. The number of hydrogen-bond donors (Lipinski definition) is 3. The number of imidazole rings is 1. The van der Waals surface area contributed by atoms with Gasteiger partial charge in [-0.25, -0.2) is 9.55 Å². The zero-order valence-corrected chi connectivity index (χ0v) is 22.4. The number of aromatic nitrogens is 4. The Morgan fingerprint density at radius 1 is 1.33 bits per heavy atom. The molecule has 2 fully saturated rings. The lowest BCUT2D eigenvalue weighted by atomic mass is 10.0. The van der Waals surface area contributed by atoms with Crippen molar-refractivity contribution in [3.05, 3.63) is 36.7 Å². The number of hydrogen-bond acceptors (Lipinski definition) is 11. The quantitative estimate of drug-likeness (QED) is 0.180. The minimum atomic E-state index is -4.03. The van der Waals surface area contributed by atoms with Crippen molar-refractivity contribution in [2.75, 3.05) is 24.8 Å². The zero-order valence-electron chi connectivity index (χ0n) is 21.5. The van der Waals surface area contributed by atoms with Gasteiger partial charge in [-0.1, -0.05) is 24.1 Å². The molecule has 1 aliphatic carbocycles. The first-order valence-corrected chi connectivity index (χ1v) is 14.1. The number of terminal acetylenes is 1. The molecule has 1 aromatic carbocycles. The van der Waals surface area contributed by atoms with E-state index >= 15 is 0 Å². The molecule has 1 saturated carbocycles. The number of carbonyl (C=O) groups excluding carboxylic acids is 1. The molecule has 206 valence electrons. The largest absolute Gasteiger partial charge is 0.468 e. The van der Waals surface area contributed by atoms with Gasteiger partial charge in [-0.2, -0.15) is 15.1 Å². The monoisotopic (exact) mass is 555 g/mol. The summed E-state index contributed by atoms with van der Waals surface area (Å²) in [5.41, 5.74) is 7.04. The first kappa shape index (κ1) is 26.9. The predicted octanol–water partition coefficient (Wildman–Crippen LogP) is 2.87. The molecular formula is C25H30N7O6P. The van der Waals surface area contributed by atoms with Crippen LogP contribution in [-0.2, 0) is 23.4 Å². The van der Waals surface area contributed by atoms with Crippen LogP contribution in [-0.4, -0.2) is 57.4 Å². The normalized spacial score (nSPS) is 23.1. The molecule has 4 N–H and O–H groups in total. The molecule has 3 aromatic rings. The van der Waals surface area contributed by atoms with Crippen molar-refractivity contribution in [3.63, 3.8) is 0 Å². The molecule has 0 bridgehead atoms. The Morgan fingerprint density at radius 2 is 2.10 bits per heavy atom. The number of ether oxygens (including phenoxy) is 2. The number of fused-ring (bicyclic) bond motifs is 1. The molecule has 0 unspecified atom stereocenters. The lowest BCUT2D eigenvalue weighted by Gasteiger charge is -2.24. The third kappa shape index (κ3) is 6.15. The van der Waals surface area contributed by atoms with E-state index in [1.54, 1.807) is 41.2 Å². The average molecular weight is 556 g/mol. The summed E-state index contributed by atoms with van der Waals surface area (Å²) in [6, 6.07) is 7.88. The maximum atomic E-state index is 13.7. The minimum absolute atomic E-state index is 0.104. The van der Waals surface area contributed by atoms with Gasteiger partial charge in [-0.05, 0) is 38.3 Å². The molecule has 2 aliphatic rings. The second-order valence-electron chi connectivity index (χ2n) is 9.40. The van der Waals surface area contributed by atoms with E-state index in [4.69, 9.17) is 30.7 Å². The maximum absolute atomic E-state index is 13.7. The van der Waals surface area contributed by atoms with E-state index in [1.165, 1.54) is 14.0 Å². The number of esters is 1. The van der Waals surface area contributed by atoms with Gasteiger partial charge >= 0.3 is 13.7 Å². The summed E-state index contributed by atoms with van der Waals surface area (Å²) in [6.45, 7) is 1.37. The van der Waals surface area contributed by atoms with Gasteiger partial charge in [-0.15, -0.1) is 6.42 Å².